The summed E-state index contributed by atoms with van der Waals surface area (Å²) >= 11 is 6.43. The van der Waals surface area contributed by atoms with Crippen LogP contribution in [0.25, 0.3) is 0 Å². The fourth-order valence-electron chi connectivity index (χ4n) is 4.33. The second-order valence-electron chi connectivity index (χ2n) is 7.09. The molecule has 0 spiro atoms. The van der Waals surface area contributed by atoms with Crippen LogP contribution in [0.4, 0.5) is 5.69 Å². The highest BCUT2D eigenvalue weighted by molar-refractivity contribution is 7.93. The van der Waals surface area contributed by atoms with E-state index in [1.807, 2.05) is 45.0 Å². The molecule has 2 aromatic carbocycles. The van der Waals surface area contributed by atoms with Gasteiger partial charge in [0, 0.05) is 5.92 Å². The van der Waals surface area contributed by atoms with Crippen LogP contribution in [0.5, 0.6) is 0 Å². The largest absolute Gasteiger partial charge is 0.265 e. The molecule has 5 rings (SSSR count). The maximum atomic E-state index is 13.7. The van der Waals surface area contributed by atoms with Gasteiger partial charge < -0.3 is 0 Å². The molecule has 1 aliphatic carbocycles. The maximum absolute atomic E-state index is 13.7. The summed E-state index contributed by atoms with van der Waals surface area (Å²) in [6.45, 7) is 9.81. The predicted molar refractivity (Wildman–Crippen MR) is 102 cm³/mol. The van der Waals surface area contributed by atoms with Crippen molar-refractivity contribution in [1.29, 1.82) is 0 Å². The number of hydrogen-bond acceptors (Lipinski definition) is 2. The van der Waals surface area contributed by atoms with E-state index in [0.29, 0.717) is 15.6 Å². The number of benzene rings is 2. The van der Waals surface area contributed by atoms with Gasteiger partial charge in [-0.3, -0.25) is 4.31 Å². The lowest BCUT2D eigenvalue weighted by molar-refractivity contribution is 0.455. The summed E-state index contributed by atoms with van der Waals surface area (Å²) in [7, 11) is -3.73. The van der Waals surface area contributed by atoms with E-state index in [4.69, 9.17) is 11.6 Å². The maximum Gasteiger partial charge on any atom is 0.265 e. The van der Waals surface area contributed by atoms with Gasteiger partial charge in [-0.05, 0) is 55.5 Å². The zero-order valence-corrected chi connectivity index (χ0v) is 16.1. The van der Waals surface area contributed by atoms with Crippen molar-refractivity contribution in [2.45, 2.75) is 44.0 Å². The first-order chi connectivity index (χ1) is 11.7. The topological polar surface area (TPSA) is 37.4 Å². The average molecular weight is 374 g/mol. The molecule has 2 unspecified atom stereocenters. The number of nitrogens with zero attached hydrogens (tertiary/aromatic N) is 1. The first-order valence-electron chi connectivity index (χ1n) is 8.33. The molecular formula is C20H20ClNO2S. The molecule has 0 N–H and O–H groups in total. The molecule has 2 atom stereocenters. The number of para-hydroxylation sites is 1. The van der Waals surface area contributed by atoms with Crippen molar-refractivity contribution in [2.24, 2.45) is 0 Å². The van der Waals surface area contributed by atoms with Crippen molar-refractivity contribution in [3.05, 3.63) is 69.8 Å². The van der Waals surface area contributed by atoms with Crippen molar-refractivity contribution in [3.8, 4) is 0 Å². The first kappa shape index (κ1) is 16.7. The summed E-state index contributed by atoms with van der Waals surface area (Å²) in [4.78, 5) is 0.377. The second kappa shape index (κ2) is 5.36. The van der Waals surface area contributed by atoms with Crippen LogP contribution < -0.4 is 4.31 Å². The average Bonchev–Trinajstić information content (AvgIpc) is 2.51. The van der Waals surface area contributed by atoms with Gasteiger partial charge in [-0.15, -0.1) is 0 Å². The van der Waals surface area contributed by atoms with Gasteiger partial charge in [0.2, 0.25) is 0 Å². The van der Waals surface area contributed by atoms with Crippen LogP contribution in [0.15, 0.2) is 47.4 Å². The SMILES string of the molecule is C=C1C2CC1N(S(=O)(=O)c1c(C)cc(C)cc1C)c1c(Cl)cccc12. The van der Waals surface area contributed by atoms with E-state index in [0.717, 1.165) is 34.2 Å². The number of hydrogen-bond donors (Lipinski definition) is 0. The second-order valence-corrected chi connectivity index (χ2v) is 9.24. The van der Waals surface area contributed by atoms with Gasteiger partial charge in [0.05, 0.1) is 21.6 Å². The lowest BCUT2D eigenvalue weighted by Crippen LogP contribution is -2.53. The van der Waals surface area contributed by atoms with Crippen molar-refractivity contribution in [1.82, 2.24) is 0 Å². The molecular weight excluding hydrogens is 354 g/mol. The van der Waals surface area contributed by atoms with E-state index in [2.05, 4.69) is 6.58 Å². The fourth-order valence-corrected chi connectivity index (χ4v) is 6.78. The first-order valence-corrected chi connectivity index (χ1v) is 10.1. The Hall–Kier alpha value is -1.78. The van der Waals surface area contributed by atoms with E-state index >= 15 is 0 Å². The third-order valence-electron chi connectivity index (χ3n) is 5.35. The molecule has 0 aromatic heterocycles. The van der Waals surface area contributed by atoms with E-state index in [1.165, 1.54) is 4.31 Å². The Labute approximate surface area is 154 Å². The molecule has 130 valence electrons. The van der Waals surface area contributed by atoms with E-state index in [-0.39, 0.29) is 12.0 Å². The molecule has 2 aliphatic heterocycles. The third-order valence-corrected chi connectivity index (χ3v) is 7.77. The summed E-state index contributed by atoms with van der Waals surface area (Å²) in [6, 6.07) is 9.21. The van der Waals surface area contributed by atoms with Gasteiger partial charge in [0.25, 0.3) is 10.0 Å². The monoisotopic (exact) mass is 373 g/mol. The van der Waals surface area contributed by atoms with Gasteiger partial charge in [0.1, 0.15) is 0 Å². The molecule has 0 saturated heterocycles. The Balaban J connectivity index is 1.98. The number of sulfonamides is 1. The highest BCUT2D eigenvalue weighted by Gasteiger charge is 2.51. The normalized spacial score (nSPS) is 21.8. The van der Waals surface area contributed by atoms with Crippen LogP contribution >= 0.6 is 11.6 Å². The quantitative estimate of drug-likeness (QED) is 0.703. The van der Waals surface area contributed by atoms with Gasteiger partial charge in [-0.2, -0.15) is 0 Å². The van der Waals surface area contributed by atoms with Gasteiger partial charge >= 0.3 is 0 Å². The van der Waals surface area contributed by atoms with Crippen molar-refractivity contribution in [2.75, 3.05) is 4.31 Å². The van der Waals surface area contributed by atoms with Crippen LogP contribution in [-0.4, -0.2) is 14.5 Å². The highest BCUT2D eigenvalue weighted by atomic mass is 35.5. The van der Waals surface area contributed by atoms with Gasteiger partial charge in [-0.1, -0.05) is 48.0 Å². The number of anilines is 1. The molecule has 2 aromatic rings. The highest BCUT2D eigenvalue weighted by Crippen LogP contribution is 2.57. The third kappa shape index (κ3) is 2.20. The van der Waals surface area contributed by atoms with Crippen LogP contribution in [-0.2, 0) is 10.0 Å². The number of rotatable bonds is 2. The van der Waals surface area contributed by atoms with Crippen LogP contribution in [0, 0.1) is 20.8 Å². The minimum atomic E-state index is -3.73. The minimum absolute atomic E-state index is 0.206. The lowest BCUT2D eigenvalue weighted by atomic mass is 9.68. The van der Waals surface area contributed by atoms with E-state index < -0.39 is 10.0 Å². The molecule has 0 amide bonds. The van der Waals surface area contributed by atoms with E-state index in [9.17, 15) is 8.42 Å². The summed E-state index contributed by atoms with van der Waals surface area (Å²) in [5, 5.41) is 0.477. The molecule has 0 radical (unpaired) electrons. The summed E-state index contributed by atoms with van der Waals surface area (Å²) in [6.07, 6.45) is 0.773. The Bertz CT molecular complexity index is 1000. The Morgan fingerprint density at radius 2 is 1.80 bits per heavy atom. The van der Waals surface area contributed by atoms with Gasteiger partial charge in [0.15, 0.2) is 0 Å². The molecule has 2 bridgehead atoms. The fraction of sp³-hybridized carbons (Fsp3) is 0.300. The van der Waals surface area contributed by atoms with Crippen molar-refractivity contribution < 1.29 is 8.42 Å². The molecule has 3 aliphatic rings. The van der Waals surface area contributed by atoms with Gasteiger partial charge in [-0.25, -0.2) is 8.42 Å². The zero-order chi connectivity index (χ0) is 18.1. The van der Waals surface area contributed by atoms with Crippen LogP contribution in [0.1, 0.15) is 34.6 Å². The molecule has 1 fully saturated rings. The standard InChI is InChI=1S/C20H20ClNO2S/c1-11-8-12(2)20(13(3)9-11)25(23,24)22-18-10-16(14(18)4)15-6-5-7-17(21)19(15)22/h5-9,16,18H,4,10H2,1-3H3. The number of aryl methyl sites for hydroxylation is 3. The zero-order valence-electron chi connectivity index (χ0n) is 14.5. The van der Waals surface area contributed by atoms with Crippen molar-refractivity contribution >= 4 is 27.3 Å². The lowest BCUT2D eigenvalue weighted by Gasteiger charge is -2.52. The van der Waals surface area contributed by atoms with E-state index in [1.54, 1.807) is 6.07 Å². The molecule has 25 heavy (non-hydrogen) atoms. The van der Waals surface area contributed by atoms with Crippen molar-refractivity contribution in [3.63, 3.8) is 0 Å². The minimum Gasteiger partial charge on any atom is -0.257 e. The molecule has 1 saturated carbocycles. The predicted octanol–water partition coefficient (Wildman–Crippen LogP) is 4.89. The van der Waals surface area contributed by atoms with Crippen LogP contribution in [0.3, 0.4) is 0 Å². The summed E-state index contributed by atoms with van der Waals surface area (Å²) in [5.41, 5.74) is 5.12. The molecule has 2 heterocycles. The Morgan fingerprint density at radius 3 is 2.40 bits per heavy atom. The smallest absolute Gasteiger partial charge is 0.257 e. The number of halogens is 1. The molecule has 3 nitrogen and oxygen atoms in total. The summed E-state index contributed by atoms with van der Waals surface area (Å²) < 4.78 is 28.8. The summed E-state index contributed by atoms with van der Waals surface area (Å²) in [5.74, 6) is 0.213. The molecule has 5 heteroatoms. The van der Waals surface area contributed by atoms with Crippen LogP contribution in [0.2, 0.25) is 5.02 Å². The Morgan fingerprint density at radius 1 is 1.16 bits per heavy atom. The Kier molecular flexibility index (Phi) is 3.57.